The van der Waals surface area contributed by atoms with Crippen molar-refractivity contribution >= 4 is 30.4 Å². The van der Waals surface area contributed by atoms with Crippen LogP contribution in [0.3, 0.4) is 0 Å². The third-order valence-electron chi connectivity index (χ3n) is 6.51. The van der Waals surface area contributed by atoms with Crippen molar-refractivity contribution in [2.75, 3.05) is 0 Å². The topological polar surface area (TPSA) is 43.4 Å². The van der Waals surface area contributed by atoms with Crippen molar-refractivity contribution < 1.29 is 10.9 Å². The van der Waals surface area contributed by atoms with Crippen LogP contribution in [0.15, 0.2) is 102 Å². The first-order valence-electron chi connectivity index (χ1n) is 12.8. The molecule has 200 valence electrons. The second-order valence-electron chi connectivity index (χ2n) is 11.6. The fourth-order valence-electron chi connectivity index (χ4n) is 4.18. The van der Waals surface area contributed by atoms with Gasteiger partial charge in [-0.05, 0) is 0 Å². The Balaban J connectivity index is 1.73. The van der Waals surface area contributed by atoms with Gasteiger partial charge in [0.05, 0.1) is 0 Å². The van der Waals surface area contributed by atoms with E-state index in [9.17, 15) is 8.42 Å². The maximum atomic E-state index is 13.7. The molecule has 0 saturated heterocycles. The van der Waals surface area contributed by atoms with Crippen LogP contribution in [0.5, 0.6) is 0 Å². The van der Waals surface area contributed by atoms with E-state index in [0.717, 1.165) is 18.3 Å². The number of hydrogen-bond donors (Lipinski definition) is 0. The van der Waals surface area contributed by atoms with Crippen LogP contribution in [-0.4, -0.2) is 8.42 Å². The molecule has 4 aromatic carbocycles. The molecule has 0 aliphatic carbocycles. The Bertz CT molecular complexity index is 1440. The summed E-state index contributed by atoms with van der Waals surface area (Å²) in [5.41, 5.74) is 5.13. The van der Waals surface area contributed by atoms with E-state index < -0.39 is 30.4 Å². The van der Waals surface area contributed by atoms with Crippen molar-refractivity contribution in [2.24, 2.45) is 0 Å². The molecule has 0 aliphatic heterocycles. The maximum absolute atomic E-state index is 13.7. The molecule has 0 atom stereocenters. The molecular weight excluding hydrogens is 603 g/mol. The van der Waals surface area contributed by atoms with Gasteiger partial charge in [-0.1, -0.05) is 0 Å². The average Bonchev–Trinajstić information content (AvgIpc) is 2.87. The number of benzene rings is 4. The third-order valence-corrected chi connectivity index (χ3v) is 14.0. The predicted molar refractivity (Wildman–Crippen MR) is 167 cm³/mol. The zero-order chi connectivity index (χ0) is 27.7. The normalized spacial score (nSPS) is 12.9. The van der Waals surface area contributed by atoms with Gasteiger partial charge in [0, 0.05) is 0 Å². The van der Waals surface area contributed by atoms with Crippen LogP contribution >= 0.6 is 20.2 Å². The minimum atomic E-state index is -3.99. The van der Waals surface area contributed by atoms with Gasteiger partial charge in [-0.15, -0.1) is 0 Å². The van der Waals surface area contributed by atoms with Crippen LogP contribution in [0.4, 0.5) is 0 Å². The summed E-state index contributed by atoms with van der Waals surface area (Å²) in [6, 6.07) is 32.0. The summed E-state index contributed by atoms with van der Waals surface area (Å²) in [7, 11) is -3.99. The van der Waals surface area contributed by atoms with E-state index in [0.29, 0.717) is 5.56 Å². The molecule has 0 amide bonds. The van der Waals surface area contributed by atoms with Crippen LogP contribution in [-0.2, 0) is 23.5 Å². The van der Waals surface area contributed by atoms with Gasteiger partial charge in [-0.25, -0.2) is 0 Å². The molecule has 0 aliphatic rings. The summed E-state index contributed by atoms with van der Waals surface area (Å²) in [6.07, 6.45) is 0. The number of aryl methyl sites for hydroxylation is 1. The van der Waals surface area contributed by atoms with E-state index in [2.05, 4.69) is 65.8 Å². The standard InChI is InChI=1S/C33H37IO3S/c1-24-23-26(25-11-9-8-10-12-25)13-22-31(24)38(35,36)37-34(29-18-14-27(15-19-29)32(2,3)4)30-20-16-28(17-21-30)33(5,6)7/h8-23H,1-7H3. The van der Waals surface area contributed by atoms with Crippen molar-refractivity contribution in [2.45, 2.75) is 64.2 Å². The Morgan fingerprint density at radius 2 is 1.08 bits per heavy atom. The van der Waals surface area contributed by atoms with E-state index >= 15 is 0 Å². The molecule has 0 spiro atoms. The Morgan fingerprint density at radius 3 is 1.50 bits per heavy atom. The Labute approximate surface area is 236 Å². The molecule has 0 radical (unpaired) electrons. The molecule has 3 nitrogen and oxygen atoms in total. The summed E-state index contributed by atoms with van der Waals surface area (Å²) < 4.78 is 35.6. The molecule has 0 bridgehead atoms. The zero-order valence-corrected chi connectivity index (χ0v) is 26.2. The van der Waals surface area contributed by atoms with Gasteiger partial charge in [0.1, 0.15) is 0 Å². The van der Waals surface area contributed by atoms with Crippen molar-refractivity contribution in [3.05, 3.63) is 121 Å². The molecule has 0 fully saturated rings. The van der Waals surface area contributed by atoms with Gasteiger partial charge >= 0.3 is 237 Å². The SMILES string of the molecule is Cc1cc(-c2ccccc2)ccc1S(=O)(=O)OI(c1ccc(C(C)(C)C)cc1)c1ccc(C(C)(C)C)cc1. The molecule has 4 aromatic rings. The average molecular weight is 641 g/mol. The summed E-state index contributed by atoms with van der Waals surface area (Å²) in [4.78, 5) is 0.220. The molecule has 0 saturated carbocycles. The van der Waals surface area contributed by atoms with Crippen molar-refractivity contribution in [3.8, 4) is 11.1 Å². The molecule has 0 heterocycles. The second kappa shape index (κ2) is 10.9. The first-order valence-corrected chi connectivity index (χ1v) is 17.2. The van der Waals surface area contributed by atoms with Crippen LogP contribution in [0.2, 0.25) is 0 Å². The quantitative estimate of drug-likeness (QED) is 0.198. The monoisotopic (exact) mass is 640 g/mol. The molecule has 0 N–H and O–H groups in total. The summed E-state index contributed by atoms with van der Waals surface area (Å²) in [5.74, 6) is 0. The Kier molecular flexibility index (Phi) is 8.22. The number of rotatable bonds is 6. The van der Waals surface area contributed by atoms with Crippen LogP contribution < -0.4 is 0 Å². The van der Waals surface area contributed by atoms with Gasteiger partial charge in [0.15, 0.2) is 0 Å². The van der Waals surface area contributed by atoms with E-state index in [1.54, 1.807) is 6.07 Å². The van der Waals surface area contributed by atoms with Crippen LogP contribution in [0, 0.1) is 14.1 Å². The van der Waals surface area contributed by atoms with E-state index in [-0.39, 0.29) is 15.7 Å². The van der Waals surface area contributed by atoms with E-state index in [1.807, 2.05) is 73.7 Å². The van der Waals surface area contributed by atoms with Crippen LogP contribution in [0.25, 0.3) is 11.1 Å². The number of hydrogen-bond acceptors (Lipinski definition) is 3. The fraction of sp³-hybridized carbons (Fsp3) is 0.273. The van der Waals surface area contributed by atoms with Crippen molar-refractivity contribution in [3.63, 3.8) is 0 Å². The first-order chi connectivity index (χ1) is 17.8. The van der Waals surface area contributed by atoms with E-state index in [4.69, 9.17) is 2.51 Å². The third kappa shape index (κ3) is 6.56. The molecular formula is C33H37IO3S. The second-order valence-corrected chi connectivity index (χ2v) is 18.1. The van der Waals surface area contributed by atoms with Crippen molar-refractivity contribution in [1.29, 1.82) is 0 Å². The van der Waals surface area contributed by atoms with Gasteiger partial charge in [0.25, 0.3) is 0 Å². The van der Waals surface area contributed by atoms with Gasteiger partial charge < -0.3 is 0 Å². The molecule has 0 aromatic heterocycles. The van der Waals surface area contributed by atoms with Gasteiger partial charge in [0.2, 0.25) is 0 Å². The number of halogens is 1. The minimum absolute atomic E-state index is 0.0104. The first kappa shape index (κ1) is 28.5. The summed E-state index contributed by atoms with van der Waals surface area (Å²) >= 11 is -2.81. The predicted octanol–water partition coefficient (Wildman–Crippen LogP) is 9.12. The molecule has 4 rings (SSSR count). The summed E-state index contributed by atoms with van der Waals surface area (Å²) in [6.45, 7) is 14.9. The van der Waals surface area contributed by atoms with Crippen LogP contribution in [0.1, 0.15) is 58.2 Å². The van der Waals surface area contributed by atoms with Gasteiger partial charge in [-0.3, -0.25) is 0 Å². The fourth-order valence-corrected chi connectivity index (χ4v) is 11.2. The molecule has 0 unspecified atom stereocenters. The zero-order valence-electron chi connectivity index (χ0n) is 23.2. The van der Waals surface area contributed by atoms with Crippen molar-refractivity contribution in [1.82, 2.24) is 0 Å². The molecule has 38 heavy (non-hydrogen) atoms. The Hall–Kier alpha value is -2.48. The van der Waals surface area contributed by atoms with Gasteiger partial charge in [-0.2, -0.15) is 0 Å². The Morgan fingerprint density at radius 1 is 0.605 bits per heavy atom. The van der Waals surface area contributed by atoms with E-state index in [1.165, 1.54) is 11.1 Å². The molecule has 5 heteroatoms. The summed E-state index contributed by atoms with van der Waals surface area (Å²) in [5, 5.41) is 0.